The highest BCUT2D eigenvalue weighted by atomic mass is 127. The maximum Gasteiger partial charge on any atom is 0.191 e. The summed E-state index contributed by atoms with van der Waals surface area (Å²) in [6, 6.07) is 10.5. The van der Waals surface area contributed by atoms with E-state index in [0.29, 0.717) is 18.1 Å². The number of likely N-dealkylation sites (tertiary alicyclic amines) is 1. The number of aliphatic imine (C=N–C) groups is 1. The van der Waals surface area contributed by atoms with Crippen molar-refractivity contribution in [2.75, 3.05) is 20.1 Å². The Balaban J connectivity index is 0.00000341. The molecule has 9 heteroatoms. The third kappa shape index (κ3) is 7.11. The zero-order chi connectivity index (χ0) is 21.5. The van der Waals surface area contributed by atoms with Gasteiger partial charge in [0.15, 0.2) is 17.6 Å². The van der Waals surface area contributed by atoms with E-state index in [-0.39, 0.29) is 42.1 Å². The van der Waals surface area contributed by atoms with Crippen LogP contribution in [0.3, 0.4) is 0 Å². The molecule has 0 saturated carbocycles. The maximum atomic E-state index is 14.0. The van der Waals surface area contributed by atoms with Crippen molar-refractivity contribution in [3.8, 4) is 6.07 Å². The van der Waals surface area contributed by atoms with Crippen molar-refractivity contribution < 1.29 is 13.2 Å². The van der Waals surface area contributed by atoms with Crippen LogP contribution in [0.15, 0.2) is 41.4 Å². The monoisotopic (exact) mass is 543 g/mol. The zero-order valence-corrected chi connectivity index (χ0v) is 19.5. The fraction of sp³-hybridized carbons (Fsp3) is 0.364. The van der Waals surface area contributed by atoms with E-state index in [1.54, 1.807) is 25.2 Å². The highest BCUT2D eigenvalue weighted by molar-refractivity contribution is 14.0. The first-order valence-electron chi connectivity index (χ1n) is 9.80. The first-order chi connectivity index (χ1) is 14.5. The summed E-state index contributed by atoms with van der Waals surface area (Å²) in [6.07, 6.45) is 1.74. The molecule has 0 unspecified atom stereocenters. The number of halogens is 4. The van der Waals surface area contributed by atoms with Crippen molar-refractivity contribution in [3.05, 3.63) is 70.5 Å². The number of guanidine groups is 1. The summed E-state index contributed by atoms with van der Waals surface area (Å²) in [7, 11) is 1.66. The Bertz CT molecular complexity index is 953. The number of nitrogens with one attached hydrogen (secondary N) is 2. The number of nitriles is 1. The molecule has 0 atom stereocenters. The van der Waals surface area contributed by atoms with Gasteiger partial charge in [-0.25, -0.2) is 13.2 Å². The van der Waals surface area contributed by atoms with Crippen molar-refractivity contribution >= 4 is 29.9 Å². The molecule has 2 aromatic carbocycles. The Kier molecular flexibility index (Phi) is 9.58. The first kappa shape index (κ1) is 24.9. The van der Waals surface area contributed by atoms with Gasteiger partial charge in [0.05, 0.1) is 11.6 Å². The summed E-state index contributed by atoms with van der Waals surface area (Å²) in [5.74, 6) is -1.50. The third-order valence-corrected chi connectivity index (χ3v) is 5.17. The molecule has 3 rings (SSSR count). The van der Waals surface area contributed by atoms with Crippen LogP contribution < -0.4 is 10.6 Å². The lowest BCUT2D eigenvalue weighted by Crippen LogP contribution is -2.48. The summed E-state index contributed by atoms with van der Waals surface area (Å²) in [4.78, 5) is 6.40. The molecule has 1 fully saturated rings. The Morgan fingerprint density at radius 3 is 2.45 bits per heavy atom. The normalized spacial score (nSPS) is 15.1. The molecule has 0 aromatic heterocycles. The summed E-state index contributed by atoms with van der Waals surface area (Å²) in [6.45, 7) is 2.47. The number of rotatable bonds is 5. The number of nitrogens with zero attached hydrogens (tertiary/aromatic N) is 3. The van der Waals surface area contributed by atoms with Crippen LogP contribution in [-0.4, -0.2) is 37.0 Å². The second-order valence-corrected chi connectivity index (χ2v) is 7.29. The molecular weight excluding hydrogens is 518 g/mol. The Hall–Kier alpha value is -2.32. The van der Waals surface area contributed by atoms with Crippen LogP contribution in [0, 0.1) is 28.8 Å². The van der Waals surface area contributed by atoms with Gasteiger partial charge in [0.2, 0.25) is 0 Å². The topological polar surface area (TPSA) is 63.5 Å². The molecule has 1 aliphatic rings. The Morgan fingerprint density at radius 1 is 1.10 bits per heavy atom. The number of hydrogen-bond acceptors (Lipinski definition) is 3. The van der Waals surface area contributed by atoms with Crippen LogP contribution in [0.1, 0.15) is 29.5 Å². The molecular formula is C22H25F3IN5. The molecule has 1 heterocycles. The molecule has 0 spiro atoms. The minimum Gasteiger partial charge on any atom is -0.354 e. The Labute approximate surface area is 197 Å². The molecule has 1 saturated heterocycles. The van der Waals surface area contributed by atoms with Crippen LogP contribution in [0.4, 0.5) is 13.2 Å². The molecule has 0 amide bonds. The molecule has 0 aliphatic carbocycles. The lowest BCUT2D eigenvalue weighted by molar-refractivity contribution is 0.198. The number of hydrogen-bond donors (Lipinski definition) is 2. The lowest BCUT2D eigenvalue weighted by atomic mass is 10.0. The van der Waals surface area contributed by atoms with E-state index >= 15 is 0 Å². The molecule has 2 N–H and O–H groups in total. The van der Waals surface area contributed by atoms with Crippen molar-refractivity contribution in [2.24, 2.45) is 4.99 Å². The van der Waals surface area contributed by atoms with Crippen LogP contribution in [-0.2, 0) is 13.1 Å². The van der Waals surface area contributed by atoms with Gasteiger partial charge in [-0.2, -0.15) is 5.26 Å². The molecule has 1 aliphatic heterocycles. The van der Waals surface area contributed by atoms with Crippen molar-refractivity contribution in [2.45, 2.75) is 32.0 Å². The van der Waals surface area contributed by atoms with Crippen LogP contribution >= 0.6 is 24.0 Å². The summed E-state index contributed by atoms with van der Waals surface area (Å²) in [5, 5.41) is 15.3. The predicted molar refractivity (Wildman–Crippen MR) is 125 cm³/mol. The van der Waals surface area contributed by atoms with Gasteiger partial charge in [0, 0.05) is 44.8 Å². The maximum absolute atomic E-state index is 14.0. The summed E-state index contributed by atoms with van der Waals surface area (Å²) < 4.78 is 40.5. The largest absolute Gasteiger partial charge is 0.354 e. The van der Waals surface area contributed by atoms with Gasteiger partial charge in [0.25, 0.3) is 0 Å². The van der Waals surface area contributed by atoms with Gasteiger partial charge in [-0.15, -0.1) is 24.0 Å². The van der Waals surface area contributed by atoms with Crippen LogP contribution in [0.5, 0.6) is 0 Å². The highest BCUT2D eigenvalue weighted by Crippen LogP contribution is 2.16. The van der Waals surface area contributed by atoms with Gasteiger partial charge < -0.3 is 10.6 Å². The zero-order valence-electron chi connectivity index (χ0n) is 17.2. The van der Waals surface area contributed by atoms with Crippen molar-refractivity contribution in [3.63, 3.8) is 0 Å². The lowest BCUT2D eigenvalue weighted by Gasteiger charge is -2.33. The van der Waals surface area contributed by atoms with Gasteiger partial charge >= 0.3 is 0 Å². The first-order valence-corrected chi connectivity index (χ1v) is 9.80. The average Bonchev–Trinajstić information content (AvgIpc) is 2.75. The molecule has 31 heavy (non-hydrogen) atoms. The minimum atomic E-state index is -0.832. The number of benzene rings is 2. The van der Waals surface area contributed by atoms with Gasteiger partial charge in [-0.1, -0.05) is 12.1 Å². The predicted octanol–water partition coefficient (Wildman–Crippen LogP) is 3.92. The van der Waals surface area contributed by atoms with E-state index in [1.165, 1.54) is 12.1 Å². The van der Waals surface area contributed by atoms with E-state index in [0.717, 1.165) is 37.6 Å². The highest BCUT2D eigenvalue weighted by Gasteiger charge is 2.20. The fourth-order valence-corrected chi connectivity index (χ4v) is 3.46. The van der Waals surface area contributed by atoms with E-state index in [1.807, 2.05) is 6.07 Å². The van der Waals surface area contributed by atoms with Gasteiger partial charge in [0.1, 0.15) is 5.82 Å². The molecule has 5 nitrogen and oxygen atoms in total. The smallest absolute Gasteiger partial charge is 0.191 e. The second kappa shape index (κ2) is 11.9. The quantitative estimate of drug-likeness (QED) is 0.341. The standard InChI is InChI=1S/C22H24F3N5.HI/c1-27-22(28-13-17-4-2-15(12-26)10-20(17)24)29-18-6-8-30(9-7-18)14-16-3-5-19(23)21(25)11-16;/h2-5,10-11,18H,6-9,13-14H2,1H3,(H2,27,28,29);1H. The van der Waals surface area contributed by atoms with Crippen molar-refractivity contribution in [1.82, 2.24) is 15.5 Å². The SMILES string of the molecule is CN=C(NCc1ccc(C#N)cc1F)NC1CCN(Cc2ccc(F)c(F)c2)CC1.I. The molecule has 166 valence electrons. The van der Waals surface area contributed by atoms with E-state index < -0.39 is 17.5 Å². The molecule has 0 bridgehead atoms. The van der Waals surface area contributed by atoms with E-state index in [2.05, 4.69) is 20.5 Å². The van der Waals surface area contributed by atoms with Crippen LogP contribution in [0.2, 0.25) is 0 Å². The molecule has 2 aromatic rings. The average molecular weight is 543 g/mol. The third-order valence-electron chi connectivity index (χ3n) is 5.17. The van der Waals surface area contributed by atoms with Gasteiger partial charge in [-0.3, -0.25) is 9.89 Å². The van der Waals surface area contributed by atoms with Crippen molar-refractivity contribution in [1.29, 1.82) is 5.26 Å². The summed E-state index contributed by atoms with van der Waals surface area (Å²) >= 11 is 0. The second-order valence-electron chi connectivity index (χ2n) is 7.29. The molecule has 0 radical (unpaired) electrons. The Morgan fingerprint density at radius 2 is 1.84 bits per heavy atom. The van der Waals surface area contributed by atoms with Crippen LogP contribution in [0.25, 0.3) is 0 Å². The summed E-state index contributed by atoms with van der Waals surface area (Å²) in [5.41, 5.74) is 1.49. The fourth-order valence-electron chi connectivity index (χ4n) is 3.46. The minimum absolute atomic E-state index is 0. The van der Waals surface area contributed by atoms with E-state index in [9.17, 15) is 13.2 Å². The van der Waals surface area contributed by atoms with Gasteiger partial charge in [-0.05, 0) is 42.7 Å². The number of piperidine rings is 1. The van der Waals surface area contributed by atoms with E-state index in [4.69, 9.17) is 5.26 Å².